The summed E-state index contributed by atoms with van der Waals surface area (Å²) in [5, 5.41) is 15.7. The number of aliphatic hydroxyl groups is 1. The summed E-state index contributed by atoms with van der Waals surface area (Å²) in [5.41, 5.74) is -1.15. The maximum absolute atomic E-state index is 12.9. The van der Waals surface area contributed by atoms with Crippen molar-refractivity contribution < 1.29 is 235 Å². The minimum Gasteiger partial charge on any atom is -0.756 e. The maximum Gasteiger partial charge on any atom is 1.00 e. The second-order valence-corrected chi connectivity index (χ2v) is 33.7. The van der Waals surface area contributed by atoms with Gasteiger partial charge < -0.3 is 67.7 Å². The number of nitrogens with one attached hydrogen (secondary N) is 3. The number of phosphoric acid groups is 3. The second kappa shape index (κ2) is 38.4. The number of rotatable bonds is 28. The first kappa shape index (κ1) is 97.9. The number of allylic oxidation sites excluding steroid dienone is 6. The molecule has 1 fully saturated rings. The van der Waals surface area contributed by atoms with E-state index in [4.69, 9.17) is 9.63 Å². The number of ether oxygens (including phenoxy) is 1. The molecular formula is C58H63Li6N6O28P3S4. The normalized spacial score (nSPS) is 18.9. The molecule has 0 radical (unpaired) electrons. The Hall–Kier alpha value is -3.18. The zero-order chi connectivity index (χ0) is 73.4. The van der Waals surface area contributed by atoms with Crippen LogP contribution in [0.1, 0.15) is 108 Å². The van der Waals surface area contributed by atoms with Crippen LogP contribution in [0.2, 0.25) is 0 Å². The van der Waals surface area contributed by atoms with Gasteiger partial charge in [-0.2, -0.15) is 4.58 Å². The number of anilines is 1. The van der Waals surface area contributed by atoms with Gasteiger partial charge in [0.25, 0.3) is 29.0 Å². The molecule has 0 bridgehead atoms. The van der Waals surface area contributed by atoms with Crippen molar-refractivity contribution in [2.75, 3.05) is 38.2 Å². The molecule has 5 N–H and O–H groups in total. The number of phosphoric ester groups is 1. The van der Waals surface area contributed by atoms with Gasteiger partial charge in [-0.1, -0.05) is 62.8 Å². The van der Waals surface area contributed by atoms with Gasteiger partial charge in [-0.3, -0.25) is 37.6 Å². The van der Waals surface area contributed by atoms with Crippen LogP contribution in [0.25, 0.3) is 21.5 Å². The van der Waals surface area contributed by atoms with Gasteiger partial charge in [0.15, 0.2) is 5.71 Å². The van der Waals surface area contributed by atoms with Crippen LogP contribution in [0.3, 0.4) is 0 Å². The van der Waals surface area contributed by atoms with Crippen molar-refractivity contribution in [3.05, 3.63) is 128 Å². The number of benzene rings is 4. The third-order valence-corrected chi connectivity index (χ3v) is 23.4. The van der Waals surface area contributed by atoms with Crippen LogP contribution in [0.5, 0.6) is 0 Å². The smallest absolute Gasteiger partial charge is 0.756 e. The molecule has 47 heteroatoms. The summed E-state index contributed by atoms with van der Waals surface area (Å²) < 4.78 is 202. The number of nitrogens with zero attached hydrogens (tertiary/aromatic N) is 3. The molecule has 4 heterocycles. The van der Waals surface area contributed by atoms with Gasteiger partial charge in [-0.05, 0) is 104 Å². The van der Waals surface area contributed by atoms with Crippen LogP contribution in [-0.2, 0) is 92.5 Å². The fraction of sp³-hybridized carbons (Fsp3) is 0.397. The van der Waals surface area contributed by atoms with Crippen molar-refractivity contribution in [2.45, 2.75) is 134 Å². The van der Waals surface area contributed by atoms with Crippen molar-refractivity contribution in [3.63, 3.8) is 0 Å². The van der Waals surface area contributed by atoms with E-state index in [2.05, 4.69) is 35.6 Å². The first-order chi connectivity index (χ1) is 45.7. The van der Waals surface area contributed by atoms with Gasteiger partial charge in [0.2, 0.25) is 17.5 Å². The molecule has 8 rings (SSSR count). The summed E-state index contributed by atoms with van der Waals surface area (Å²) in [5.74, 6) is 4.42. The molecule has 4 aromatic carbocycles. The molecule has 0 saturated carbocycles. The van der Waals surface area contributed by atoms with E-state index < -0.39 is 143 Å². The van der Waals surface area contributed by atoms with Crippen LogP contribution >= 0.6 is 23.5 Å². The number of carbonyl (C=O) groups is 2. The number of hydrogen-bond acceptors (Lipinski definition) is 28. The molecule has 3 unspecified atom stereocenters. The minimum absolute atomic E-state index is 0. The predicted octanol–water partition coefficient (Wildman–Crippen LogP) is -16.2. The average molecular weight is 1550 g/mol. The predicted molar refractivity (Wildman–Crippen MR) is 339 cm³/mol. The number of aromatic nitrogens is 2. The summed E-state index contributed by atoms with van der Waals surface area (Å²) >= 11 is 0. The van der Waals surface area contributed by atoms with E-state index in [-0.39, 0.29) is 166 Å². The average Bonchev–Trinajstić information content (AvgIpc) is 1.60. The fourth-order valence-electron chi connectivity index (χ4n) is 12.0. The van der Waals surface area contributed by atoms with Gasteiger partial charge in [-0.25, -0.2) is 47.1 Å². The number of carbonyl (C=O) groups excluding carboxylic acids is 2. The number of unbranched alkanes of at least 4 members (excludes halogenated alkanes) is 4. The summed E-state index contributed by atoms with van der Waals surface area (Å²) in [7, 11) is -37.5. The Morgan fingerprint density at radius 3 is 1.80 bits per heavy atom. The first-order valence-corrected chi connectivity index (χ1v) is 39.7. The summed E-state index contributed by atoms with van der Waals surface area (Å²) in [6, 6.07) is 9.07. The summed E-state index contributed by atoms with van der Waals surface area (Å²) in [4.78, 5) is 93.6. The largest absolute Gasteiger partial charge is 1.00 e. The van der Waals surface area contributed by atoms with Crippen LogP contribution < -0.4 is 155 Å². The van der Waals surface area contributed by atoms with Gasteiger partial charge in [-0.15, -0.1) is 0 Å². The Morgan fingerprint density at radius 2 is 1.25 bits per heavy atom. The number of fused-ring (bicyclic) bond motifs is 6. The van der Waals surface area contributed by atoms with Crippen LogP contribution in [0.4, 0.5) is 11.4 Å². The zero-order valence-electron chi connectivity index (χ0n) is 58.8. The second-order valence-electron chi connectivity index (χ2n) is 23.9. The molecule has 3 aliphatic rings. The number of aromatic amines is 1. The summed E-state index contributed by atoms with van der Waals surface area (Å²) in [6.45, 7) is 6.40. The van der Waals surface area contributed by atoms with Crippen molar-refractivity contribution in [2.24, 2.45) is 0 Å². The third-order valence-electron chi connectivity index (χ3n) is 16.3. The Balaban J connectivity index is 0.00000624. The van der Waals surface area contributed by atoms with Gasteiger partial charge in [0, 0.05) is 78.4 Å². The molecule has 6 atom stereocenters. The van der Waals surface area contributed by atoms with Gasteiger partial charge in [0.05, 0.1) is 44.3 Å². The summed E-state index contributed by atoms with van der Waals surface area (Å²) in [6.07, 6.45) is 7.84. The standard InChI is InChI=1S/C58H69N6O28P3S4.6Li/c1-57(2)48(62(5)42-23-21-38-40(53(42)57)28-36(96(77,78)79)30-46(38)98(83,84)85)17-9-6-10-18-49-58(3,4)54-41-29-37(97(80,81)82)31-47(99(86,87)88)39(41)22-24-43(54)63(49)27-14-8-12-20-50(66)59-25-13-7-11-19-51(67)60-26-15-16-35-33-64(56(69)61-55(35)68)52-32-44(65)45(90-52)34-89-94(73,74)92-95(75,76)91-93(70,71)72;;;;;;/h6,9-10,17-18,21-24,28-31,33,44-45,52,65H,7-8,11-14,19-20,25-27,32,34H2,1-5H3,(H10-,59,60,61,66,67,68,69,70,71,72,73,74,75,76,77,78,79,80,81,82,83,84,85,86,87,88);;;;;;/q;6*+1/p-6/t44-,45+,52+;;;;;;/m0....../s1. The van der Waals surface area contributed by atoms with Crippen LogP contribution in [0, 0.1) is 11.8 Å². The van der Waals surface area contributed by atoms with E-state index in [1.54, 1.807) is 81.8 Å². The molecule has 34 nitrogen and oxygen atoms in total. The monoisotopic (exact) mass is 1550 g/mol. The van der Waals surface area contributed by atoms with E-state index in [9.17, 15) is 105 Å². The molecule has 0 aliphatic carbocycles. The molecule has 1 saturated heterocycles. The van der Waals surface area contributed by atoms with Crippen molar-refractivity contribution in [1.29, 1.82) is 0 Å². The molecule has 1 aromatic heterocycles. The van der Waals surface area contributed by atoms with Crippen molar-refractivity contribution >= 4 is 114 Å². The topological polar surface area (TPSA) is 546 Å². The Morgan fingerprint density at radius 1 is 0.705 bits per heavy atom. The number of hydrogen-bond donors (Lipinski definition) is 5. The molecule has 0 spiro atoms. The molecule has 105 heavy (non-hydrogen) atoms. The molecule has 538 valence electrons. The Bertz CT molecular complexity index is 5100. The molecule has 5 aromatic rings. The zero-order valence-corrected chi connectivity index (χ0v) is 64.8. The van der Waals surface area contributed by atoms with E-state index in [0.717, 1.165) is 22.9 Å². The Kier molecular flexibility index (Phi) is 35.8. The van der Waals surface area contributed by atoms with Gasteiger partial charge in [0.1, 0.15) is 65.4 Å². The fourth-order valence-corrected chi connectivity index (χ4v) is 17.6. The van der Waals surface area contributed by atoms with Gasteiger partial charge >= 0.3 is 119 Å². The van der Waals surface area contributed by atoms with Crippen molar-refractivity contribution in [1.82, 2.24) is 20.2 Å². The number of H-pyrrole nitrogens is 1. The number of aliphatic hydroxyl groups excluding tert-OH is 1. The van der Waals surface area contributed by atoms with E-state index in [0.29, 0.717) is 97.7 Å². The number of amides is 2. The van der Waals surface area contributed by atoms with E-state index >= 15 is 0 Å². The van der Waals surface area contributed by atoms with E-state index in [1.807, 2.05) is 9.88 Å². The minimum atomic E-state index is -6.21. The molecule has 3 aliphatic heterocycles. The quantitative estimate of drug-likeness (QED) is 0.00590. The van der Waals surface area contributed by atoms with Crippen molar-refractivity contribution in [3.8, 4) is 11.8 Å². The SMILES string of the molecule is C[N+]1=C(/C=C/C=C/C=C2/N(CCCCCC(=O)NCCCCCC(=O)NCC#Cc3cn([C@H]4C[C@H](O)[C@@H](COP(=O)([O-])OP(=O)([O-])OP(=O)([O-])O)O4)c(=O)[nH]c3=O)c3ccc4c(S(=O)(=O)[O-])cc(S(=O)(=O)[O-])cc4c3C2(C)C)C(C)(C)c2c1ccc1c(S(=O)(=O)[O-])cc(S(=O)(=O)[O-])cc21.[Li+].[Li+].[Li+].[Li+].[Li+].[Li+]. The van der Waals surface area contributed by atoms with E-state index in [1.165, 1.54) is 12.1 Å². The maximum atomic E-state index is 12.9. The first-order valence-electron chi connectivity index (χ1n) is 29.7. The third kappa shape index (κ3) is 24.4. The molecular weight excluding hydrogens is 1490 g/mol. The van der Waals surface area contributed by atoms with Crippen LogP contribution in [-0.4, -0.2) is 139 Å². The molecule has 2 amide bonds. The van der Waals surface area contributed by atoms with Crippen LogP contribution in [0.15, 0.2) is 120 Å². The Labute approximate surface area is 676 Å².